The molecular weight excluding hydrogens is 208 g/mol. The van der Waals surface area contributed by atoms with E-state index in [0.717, 1.165) is 11.8 Å². The van der Waals surface area contributed by atoms with Crippen LogP contribution in [0.5, 0.6) is 0 Å². The van der Waals surface area contributed by atoms with Gasteiger partial charge in [0.25, 0.3) is 0 Å². The molecule has 3 rings (SSSR count). The largest absolute Gasteiger partial charge is 0.316 e. The summed E-state index contributed by atoms with van der Waals surface area (Å²) in [5.74, 6) is 1.87. The summed E-state index contributed by atoms with van der Waals surface area (Å²) in [6.07, 6.45) is 2.53. The van der Waals surface area contributed by atoms with E-state index >= 15 is 0 Å². The van der Waals surface area contributed by atoms with Crippen molar-refractivity contribution in [2.24, 2.45) is 11.8 Å². The van der Waals surface area contributed by atoms with Gasteiger partial charge in [0.15, 0.2) is 0 Å². The van der Waals surface area contributed by atoms with Gasteiger partial charge in [0.05, 0.1) is 0 Å². The molecule has 0 aromatic heterocycles. The summed E-state index contributed by atoms with van der Waals surface area (Å²) < 4.78 is 0. The standard InChI is InChI=1S/C15H22N2/c1-2-5-13(6-3-1)7-4-8-17-11-14-9-16-10-15(14)12-17/h1-3,5-6,14-16H,4,7-12H2/t14-,15+. The van der Waals surface area contributed by atoms with Crippen molar-refractivity contribution >= 4 is 0 Å². The smallest absolute Gasteiger partial charge is 0.00255 e. The van der Waals surface area contributed by atoms with Crippen LogP contribution in [-0.4, -0.2) is 37.6 Å². The minimum Gasteiger partial charge on any atom is -0.316 e. The molecule has 0 radical (unpaired) electrons. The lowest BCUT2D eigenvalue weighted by Crippen LogP contribution is -2.26. The Morgan fingerprint density at radius 2 is 1.76 bits per heavy atom. The van der Waals surface area contributed by atoms with E-state index in [0.29, 0.717) is 0 Å². The van der Waals surface area contributed by atoms with Crippen molar-refractivity contribution in [1.82, 2.24) is 10.2 Å². The lowest BCUT2D eigenvalue weighted by Gasteiger charge is -2.16. The van der Waals surface area contributed by atoms with Gasteiger partial charge >= 0.3 is 0 Å². The van der Waals surface area contributed by atoms with Gasteiger partial charge in [-0.2, -0.15) is 0 Å². The number of likely N-dealkylation sites (tertiary alicyclic amines) is 1. The molecule has 2 fully saturated rings. The van der Waals surface area contributed by atoms with E-state index < -0.39 is 0 Å². The highest BCUT2D eigenvalue weighted by Crippen LogP contribution is 2.26. The SMILES string of the molecule is c1ccc(CCCN2C[C@H]3CNC[C@H]3C2)cc1. The van der Waals surface area contributed by atoms with Crippen LogP contribution in [0.1, 0.15) is 12.0 Å². The zero-order chi connectivity index (χ0) is 11.5. The predicted octanol–water partition coefficient (Wildman–Crippen LogP) is 1.77. The molecule has 0 bridgehead atoms. The highest BCUT2D eigenvalue weighted by Gasteiger charge is 2.35. The van der Waals surface area contributed by atoms with E-state index in [1.54, 1.807) is 0 Å². The van der Waals surface area contributed by atoms with Crippen molar-refractivity contribution in [3.8, 4) is 0 Å². The number of nitrogens with one attached hydrogen (secondary N) is 1. The first-order valence-corrected chi connectivity index (χ1v) is 6.89. The maximum atomic E-state index is 3.50. The van der Waals surface area contributed by atoms with Crippen molar-refractivity contribution in [3.63, 3.8) is 0 Å². The van der Waals surface area contributed by atoms with E-state index in [1.807, 2.05) is 0 Å². The maximum Gasteiger partial charge on any atom is 0.00255 e. The Labute approximate surface area is 104 Å². The number of hydrogen-bond acceptors (Lipinski definition) is 2. The average molecular weight is 230 g/mol. The minimum atomic E-state index is 0.937. The number of hydrogen-bond donors (Lipinski definition) is 1. The van der Waals surface area contributed by atoms with Crippen LogP contribution in [0.3, 0.4) is 0 Å². The summed E-state index contributed by atoms with van der Waals surface area (Å²) in [5, 5.41) is 3.50. The van der Waals surface area contributed by atoms with Crippen LogP contribution >= 0.6 is 0 Å². The van der Waals surface area contributed by atoms with Crippen molar-refractivity contribution in [3.05, 3.63) is 35.9 Å². The fourth-order valence-electron chi connectivity index (χ4n) is 3.29. The zero-order valence-corrected chi connectivity index (χ0v) is 10.4. The first-order chi connectivity index (χ1) is 8.42. The number of rotatable bonds is 4. The lowest BCUT2D eigenvalue weighted by atomic mass is 10.0. The Morgan fingerprint density at radius 1 is 1.06 bits per heavy atom. The van der Waals surface area contributed by atoms with Gasteiger partial charge in [0.2, 0.25) is 0 Å². The molecule has 92 valence electrons. The van der Waals surface area contributed by atoms with Gasteiger partial charge in [-0.25, -0.2) is 0 Å². The predicted molar refractivity (Wildman–Crippen MR) is 71.1 cm³/mol. The first-order valence-electron chi connectivity index (χ1n) is 6.89. The van der Waals surface area contributed by atoms with Crippen molar-refractivity contribution in [1.29, 1.82) is 0 Å². The molecular formula is C15H22N2. The van der Waals surface area contributed by atoms with Crippen LogP contribution in [0.25, 0.3) is 0 Å². The molecule has 2 atom stereocenters. The van der Waals surface area contributed by atoms with Gasteiger partial charge in [-0.3, -0.25) is 0 Å². The Bertz CT molecular complexity index is 337. The van der Waals surface area contributed by atoms with Crippen molar-refractivity contribution < 1.29 is 0 Å². The molecule has 0 aliphatic carbocycles. The summed E-state index contributed by atoms with van der Waals surface area (Å²) in [6, 6.07) is 10.9. The van der Waals surface area contributed by atoms with Crippen LogP contribution in [-0.2, 0) is 6.42 Å². The second-order valence-electron chi connectivity index (χ2n) is 5.53. The van der Waals surface area contributed by atoms with Crippen molar-refractivity contribution in [2.75, 3.05) is 32.7 Å². The summed E-state index contributed by atoms with van der Waals surface area (Å²) in [4.78, 5) is 2.67. The van der Waals surface area contributed by atoms with E-state index in [2.05, 4.69) is 40.5 Å². The molecule has 2 heteroatoms. The van der Waals surface area contributed by atoms with Gasteiger partial charge in [-0.1, -0.05) is 30.3 Å². The fraction of sp³-hybridized carbons (Fsp3) is 0.600. The number of benzene rings is 1. The van der Waals surface area contributed by atoms with Gasteiger partial charge < -0.3 is 10.2 Å². The summed E-state index contributed by atoms with van der Waals surface area (Å²) in [6.45, 7) is 6.43. The Morgan fingerprint density at radius 3 is 2.47 bits per heavy atom. The topological polar surface area (TPSA) is 15.3 Å². The lowest BCUT2D eigenvalue weighted by molar-refractivity contribution is 0.309. The van der Waals surface area contributed by atoms with Crippen LogP contribution in [0.4, 0.5) is 0 Å². The van der Waals surface area contributed by atoms with E-state index in [4.69, 9.17) is 0 Å². The molecule has 2 aliphatic heterocycles. The van der Waals surface area contributed by atoms with Crippen LogP contribution in [0.2, 0.25) is 0 Å². The van der Waals surface area contributed by atoms with E-state index in [1.165, 1.54) is 51.1 Å². The molecule has 1 aromatic carbocycles. The zero-order valence-electron chi connectivity index (χ0n) is 10.4. The molecule has 0 spiro atoms. The third-order valence-corrected chi connectivity index (χ3v) is 4.25. The molecule has 1 N–H and O–H groups in total. The molecule has 2 nitrogen and oxygen atoms in total. The third kappa shape index (κ3) is 2.70. The van der Waals surface area contributed by atoms with Gasteiger partial charge in [-0.15, -0.1) is 0 Å². The second kappa shape index (κ2) is 5.19. The molecule has 2 saturated heterocycles. The Balaban J connectivity index is 1.41. The highest BCUT2D eigenvalue weighted by atomic mass is 15.2. The van der Waals surface area contributed by atoms with Crippen LogP contribution in [0.15, 0.2) is 30.3 Å². The molecule has 0 unspecified atom stereocenters. The molecule has 0 amide bonds. The van der Waals surface area contributed by atoms with Gasteiger partial charge in [-0.05, 0) is 49.9 Å². The average Bonchev–Trinajstić information content (AvgIpc) is 2.91. The van der Waals surface area contributed by atoms with Crippen LogP contribution in [0, 0.1) is 11.8 Å². The normalized spacial score (nSPS) is 28.5. The highest BCUT2D eigenvalue weighted by molar-refractivity contribution is 5.14. The van der Waals surface area contributed by atoms with Gasteiger partial charge in [0, 0.05) is 13.1 Å². The molecule has 0 saturated carbocycles. The van der Waals surface area contributed by atoms with Crippen LogP contribution < -0.4 is 5.32 Å². The number of fused-ring (bicyclic) bond motifs is 1. The molecule has 17 heavy (non-hydrogen) atoms. The first kappa shape index (κ1) is 11.2. The number of aryl methyl sites for hydroxylation is 1. The maximum absolute atomic E-state index is 3.50. The number of nitrogens with zero attached hydrogens (tertiary/aromatic N) is 1. The van der Waals surface area contributed by atoms with Gasteiger partial charge in [0.1, 0.15) is 0 Å². The fourth-order valence-corrected chi connectivity index (χ4v) is 3.29. The van der Waals surface area contributed by atoms with E-state index in [-0.39, 0.29) is 0 Å². The molecule has 2 aliphatic rings. The monoisotopic (exact) mass is 230 g/mol. The van der Waals surface area contributed by atoms with Crippen molar-refractivity contribution in [2.45, 2.75) is 12.8 Å². The quantitative estimate of drug-likeness (QED) is 0.848. The Hall–Kier alpha value is -0.860. The Kier molecular flexibility index (Phi) is 3.44. The minimum absolute atomic E-state index is 0.937. The molecule has 2 heterocycles. The van der Waals surface area contributed by atoms with E-state index in [9.17, 15) is 0 Å². The summed E-state index contributed by atoms with van der Waals surface area (Å²) in [5.41, 5.74) is 1.48. The molecule has 1 aromatic rings. The summed E-state index contributed by atoms with van der Waals surface area (Å²) in [7, 11) is 0. The third-order valence-electron chi connectivity index (χ3n) is 4.25. The summed E-state index contributed by atoms with van der Waals surface area (Å²) >= 11 is 0. The second-order valence-corrected chi connectivity index (χ2v) is 5.53.